The highest BCUT2D eigenvalue weighted by atomic mass is 16.2. The normalized spacial score (nSPS) is 20.8. The zero-order valence-electron chi connectivity index (χ0n) is 15.6. The number of piperidine rings is 1. The average molecular weight is 364 g/mol. The van der Waals surface area contributed by atoms with Gasteiger partial charge in [0.2, 0.25) is 5.91 Å². The van der Waals surface area contributed by atoms with Crippen LogP contribution in [0.2, 0.25) is 0 Å². The molecule has 4 heterocycles. The molecule has 1 N–H and O–H groups in total. The van der Waals surface area contributed by atoms with Gasteiger partial charge >= 0.3 is 0 Å². The smallest absolute Gasteiger partial charge is 0.227 e. The van der Waals surface area contributed by atoms with Gasteiger partial charge in [-0.15, -0.1) is 0 Å². The molecule has 0 spiro atoms. The van der Waals surface area contributed by atoms with E-state index in [0.717, 1.165) is 61.5 Å². The van der Waals surface area contributed by atoms with Crippen LogP contribution in [0.1, 0.15) is 42.4 Å². The van der Waals surface area contributed by atoms with Crippen LogP contribution in [0.4, 0.5) is 0 Å². The van der Waals surface area contributed by atoms with Crippen molar-refractivity contribution in [1.82, 2.24) is 29.6 Å². The number of imidazole rings is 1. The van der Waals surface area contributed by atoms with Crippen molar-refractivity contribution < 1.29 is 4.79 Å². The fourth-order valence-corrected chi connectivity index (χ4v) is 4.46. The maximum absolute atomic E-state index is 13.0. The molecule has 3 aromatic rings. The van der Waals surface area contributed by atoms with Gasteiger partial charge in [0, 0.05) is 25.4 Å². The molecule has 0 bridgehead atoms. The van der Waals surface area contributed by atoms with Crippen LogP contribution in [0.5, 0.6) is 0 Å². The Morgan fingerprint density at radius 1 is 1.22 bits per heavy atom. The lowest BCUT2D eigenvalue weighted by molar-refractivity contribution is -0.137. The molecule has 1 atom stereocenters. The minimum Gasteiger partial charge on any atom is -0.342 e. The van der Waals surface area contributed by atoms with Crippen molar-refractivity contribution in [2.45, 2.75) is 45.1 Å². The summed E-state index contributed by atoms with van der Waals surface area (Å²) in [6.07, 6.45) is 5.23. The Morgan fingerprint density at radius 2 is 2.07 bits per heavy atom. The molecule has 0 saturated carbocycles. The lowest BCUT2D eigenvalue weighted by atomic mass is 9.93. The van der Waals surface area contributed by atoms with E-state index in [1.807, 2.05) is 9.58 Å². The summed E-state index contributed by atoms with van der Waals surface area (Å²) in [5, 5.41) is 4.24. The van der Waals surface area contributed by atoms with E-state index >= 15 is 0 Å². The summed E-state index contributed by atoms with van der Waals surface area (Å²) in [5.74, 6) is 2.77. The van der Waals surface area contributed by atoms with Crippen molar-refractivity contribution in [1.29, 1.82) is 0 Å². The van der Waals surface area contributed by atoms with Gasteiger partial charge in [-0.3, -0.25) is 4.79 Å². The maximum atomic E-state index is 13.0. The van der Waals surface area contributed by atoms with E-state index in [1.54, 1.807) is 6.33 Å². The quantitative estimate of drug-likeness (QED) is 0.757. The zero-order valence-corrected chi connectivity index (χ0v) is 15.6. The number of aryl methyl sites for hydroxylation is 2. The number of rotatable bonds is 2. The third-order valence-corrected chi connectivity index (χ3v) is 6.08. The number of hydrogen-bond donors (Lipinski definition) is 1. The third kappa shape index (κ3) is 2.91. The van der Waals surface area contributed by atoms with Crippen molar-refractivity contribution >= 4 is 16.9 Å². The van der Waals surface area contributed by atoms with Gasteiger partial charge in [0.05, 0.1) is 23.5 Å². The molecule has 140 valence electrons. The van der Waals surface area contributed by atoms with Crippen LogP contribution in [0.3, 0.4) is 0 Å². The summed E-state index contributed by atoms with van der Waals surface area (Å²) < 4.78 is 1.88. The predicted octanol–water partition coefficient (Wildman–Crippen LogP) is 2.43. The Hall–Kier alpha value is -2.70. The number of likely N-dealkylation sites (tertiary alicyclic amines) is 1. The minimum absolute atomic E-state index is 0.0320. The van der Waals surface area contributed by atoms with E-state index in [-0.39, 0.29) is 11.8 Å². The van der Waals surface area contributed by atoms with Crippen molar-refractivity contribution in [3.05, 3.63) is 41.7 Å². The number of amides is 1. The summed E-state index contributed by atoms with van der Waals surface area (Å²) in [6.45, 7) is 4.37. The number of benzene rings is 1. The van der Waals surface area contributed by atoms with Gasteiger partial charge in [-0.1, -0.05) is 12.1 Å². The number of fused-ring (bicyclic) bond motifs is 2. The lowest BCUT2D eigenvalue weighted by Gasteiger charge is -2.34. The van der Waals surface area contributed by atoms with Crippen LogP contribution in [0.15, 0.2) is 24.5 Å². The number of carbonyl (C=O) groups excluding carboxylic acids is 1. The topological polar surface area (TPSA) is 79.7 Å². The molecule has 7 heteroatoms. The molecular weight excluding hydrogens is 340 g/mol. The largest absolute Gasteiger partial charge is 0.342 e. The summed E-state index contributed by atoms with van der Waals surface area (Å²) in [7, 11) is 0. The van der Waals surface area contributed by atoms with E-state index < -0.39 is 0 Å². The number of aromatic amines is 1. The highest BCUT2D eigenvalue weighted by Gasteiger charge is 2.32. The Bertz CT molecular complexity index is 981. The summed E-state index contributed by atoms with van der Waals surface area (Å²) in [5.41, 5.74) is 3.37. The van der Waals surface area contributed by atoms with E-state index in [1.165, 1.54) is 5.56 Å². The first-order valence-corrected chi connectivity index (χ1v) is 9.80. The van der Waals surface area contributed by atoms with Gasteiger partial charge < -0.3 is 9.88 Å². The number of H-pyrrole nitrogens is 1. The van der Waals surface area contributed by atoms with Crippen molar-refractivity contribution in [2.75, 3.05) is 13.1 Å². The number of hydrogen-bond acceptors (Lipinski definition) is 4. The fraction of sp³-hybridized carbons (Fsp3) is 0.500. The SMILES string of the molecule is Cc1cccc2[nH]c(C3CCN(C(=O)C4CCc5ncnn5C4)CC3)nc12. The van der Waals surface area contributed by atoms with E-state index in [9.17, 15) is 4.79 Å². The van der Waals surface area contributed by atoms with Crippen molar-refractivity contribution in [3.63, 3.8) is 0 Å². The first-order chi connectivity index (χ1) is 13.2. The molecule has 1 amide bonds. The fourth-order valence-electron chi connectivity index (χ4n) is 4.46. The van der Waals surface area contributed by atoms with Crippen molar-refractivity contribution in [2.24, 2.45) is 5.92 Å². The standard InChI is InChI=1S/C20H24N6O/c1-13-3-2-4-16-18(13)24-19(23-16)14-7-9-25(10-8-14)20(27)15-5-6-17-21-12-22-26(17)11-15/h2-4,12,14-15H,5-11H2,1H3,(H,23,24). The molecular formula is C20H24N6O. The second kappa shape index (κ2) is 6.48. The molecule has 1 aromatic carbocycles. The van der Waals surface area contributed by atoms with Crippen molar-refractivity contribution in [3.8, 4) is 0 Å². The number of aromatic nitrogens is 5. The van der Waals surface area contributed by atoms with Gasteiger partial charge in [-0.25, -0.2) is 14.6 Å². The molecule has 0 radical (unpaired) electrons. The molecule has 1 saturated heterocycles. The molecule has 1 fully saturated rings. The monoisotopic (exact) mass is 364 g/mol. The lowest BCUT2D eigenvalue weighted by Crippen LogP contribution is -2.43. The first kappa shape index (κ1) is 16.5. The number of carbonyl (C=O) groups is 1. The Morgan fingerprint density at radius 3 is 2.89 bits per heavy atom. The van der Waals surface area contributed by atoms with Crippen LogP contribution in [0.25, 0.3) is 11.0 Å². The second-order valence-corrected chi connectivity index (χ2v) is 7.79. The van der Waals surface area contributed by atoms with Crippen LogP contribution >= 0.6 is 0 Å². The van der Waals surface area contributed by atoms with Crippen LogP contribution in [-0.2, 0) is 17.8 Å². The highest BCUT2D eigenvalue weighted by Crippen LogP contribution is 2.30. The molecule has 1 unspecified atom stereocenters. The van der Waals surface area contributed by atoms with E-state index in [4.69, 9.17) is 4.98 Å². The van der Waals surface area contributed by atoms with E-state index in [2.05, 4.69) is 40.2 Å². The van der Waals surface area contributed by atoms with Crippen LogP contribution < -0.4 is 0 Å². The Labute approximate surface area is 157 Å². The number of nitrogens with zero attached hydrogens (tertiary/aromatic N) is 5. The molecule has 0 aliphatic carbocycles. The first-order valence-electron chi connectivity index (χ1n) is 9.80. The average Bonchev–Trinajstić information content (AvgIpc) is 3.34. The third-order valence-electron chi connectivity index (χ3n) is 6.08. The van der Waals surface area contributed by atoms with E-state index in [0.29, 0.717) is 12.5 Å². The Kier molecular flexibility index (Phi) is 3.95. The molecule has 27 heavy (non-hydrogen) atoms. The van der Waals surface area contributed by atoms with Gasteiger partial charge in [0.15, 0.2) is 0 Å². The molecule has 7 nitrogen and oxygen atoms in total. The van der Waals surface area contributed by atoms with Gasteiger partial charge in [0.1, 0.15) is 18.0 Å². The molecule has 2 aromatic heterocycles. The van der Waals surface area contributed by atoms with Gasteiger partial charge in [-0.05, 0) is 37.8 Å². The number of nitrogens with one attached hydrogen (secondary N) is 1. The zero-order chi connectivity index (χ0) is 18.4. The van der Waals surface area contributed by atoms with Crippen LogP contribution in [0, 0.1) is 12.8 Å². The van der Waals surface area contributed by atoms with Gasteiger partial charge in [-0.2, -0.15) is 5.10 Å². The summed E-state index contributed by atoms with van der Waals surface area (Å²) >= 11 is 0. The molecule has 2 aliphatic rings. The predicted molar refractivity (Wildman–Crippen MR) is 101 cm³/mol. The second-order valence-electron chi connectivity index (χ2n) is 7.79. The summed E-state index contributed by atoms with van der Waals surface area (Å²) in [6, 6.07) is 6.24. The maximum Gasteiger partial charge on any atom is 0.227 e. The summed E-state index contributed by atoms with van der Waals surface area (Å²) in [4.78, 5) is 27.6. The highest BCUT2D eigenvalue weighted by molar-refractivity contribution is 5.79. The molecule has 2 aliphatic heterocycles. The Balaban J connectivity index is 1.24. The minimum atomic E-state index is 0.0320. The molecule has 5 rings (SSSR count). The number of para-hydroxylation sites is 1. The van der Waals surface area contributed by atoms with Crippen LogP contribution in [-0.4, -0.2) is 48.6 Å². The van der Waals surface area contributed by atoms with Gasteiger partial charge in [0.25, 0.3) is 0 Å².